The van der Waals surface area contributed by atoms with Gasteiger partial charge in [0.1, 0.15) is 0 Å². The Morgan fingerprint density at radius 3 is 3.05 bits per heavy atom. The van der Waals surface area contributed by atoms with E-state index in [0.29, 0.717) is 31.8 Å². The van der Waals surface area contributed by atoms with E-state index in [4.69, 9.17) is 15.6 Å². The third kappa shape index (κ3) is 4.05. The van der Waals surface area contributed by atoms with Crippen LogP contribution in [0.2, 0.25) is 0 Å². The molecule has 1 aromatic carbocycles. The van der Waals surface area contributed by atoms with Crippen LogP contribution in [0.4, 0.5) is 0 Å². The Hall–Kier alpha value is -1.87. The summed E-state index contributed by atoms with van der Waals surface area (Å²) in [7, 11) is 0. The van der Waals surface area contributed by atoms with Crippen LogP contribution in [0.3, 0.4) is 0 Å². The zero-order valence-electron chi connectivity index (χ0n) is 12.1. The van der Waals surface area contributed by atoms with E-state index in [-0.39, 0.29) is 18.6 Å². The maximum atomic E-state index is 12.6. The minimum atomic E-state index is -0.302. The summed E-state index contributed by atoms with van der Waals surface area (Å²) < 4.78 is 5.36. The number of carbonyl (C=O) groups is 1. The minimum Gasteiger partial charge on any atom is -0.394 e. The molecule has 1 unspecified atom stereocenters. The van der Waals surface area contributed by atoms with Gasteiger partial charge in [-0.05, 0) is 30.7 Å². The smallest absolute Gasteiger partial charge is 0.254 e. The normalized spacial score (nSPS) is 18.0. The molecule has 2 rings (SSSR count). The van der Waals surface area contributed by atoms with Gasteiger partial charge in [0.2, 0.25) is 0 Å². The number of rotatable bonds is 2. The van der Waals surface area contributed by atoms with Crippen LogP contribution in [0, 0.1) is 18.8 Å². The lowest BCUT2D eigenvalue weighted by Crippen LogP contribution is -2.46. The van der Waals surface area contributed by atoms with Gasteiger partial charge in [-0.1, -0.05) is 11.8 Å². The highest BCUT2D eigenvalue weighted by Crippen LogP contribution is 2.14. The van der Waals surface area contributed by atoms with Crippen LogP contribution in [-0.2, 0) is 4.74 Å². The molecule has 3 N–H and O–H groups in total. The molecule has 1 aromatic rings. The van der Waals surface area contributed by atoms with Crippen LogP contribution >= 0.6 is 0 Å². The van der Waals surface area contributed by atoms with E-state index >= 15 is 0 Å². The van der Waals surface area contributed by atoms with E-state index in [2.05, 4.69) is 11.8 Å². The Morgan fingerprint density at radius 1 is 1.52 bits per heavy atom. The monoisotopic (exact) mass is 288 g/mol. The molecule has 0 aromatic heterocycles. The molecule has 0 bridgehead atoms. The second-order valence-electron chi connectivity index (χ2n) is 5.02. The van der Waals surface area contributed by atoms with Gasteiger partial charge < -0.3 is 20.5 Å². The number of hydrogen-bond acceptors (Lipinski definition) is 4. The van der Waals surface area contributed by atoms with Crippen molar-refractivity contribution in [2.75, 3.05) is 32.8 Å². The molecule has 1 saturated heterocycles. The first-order chi connectivity index (χ1) is 10.1. The zero-order chi connectivity index (χ0) is 15.2. The van der Waals surface area contributed by atoms with Crippen molar-refractivity contribution < 1.29 is 14.6 Å². The molecule has 5 heteroatoms. The third-order valence-electron chi connectivity index (χ3n) is 3.29. The zero-order valence-corrected chi connectivity index (χ0v) is 12.1. The summed E-state index contributed by atoms with van der Waals surface area (Å²) in [4.78, 5) is 14.3. The number of hydrogen-bond donors (Lipinski definition) is 2. The highest BCUT2D eigenvalue weighted by molar-refractivity contribution is 5.95. The lowest BCUT2D eigenvalue weighted by molar-refractivity contribution is -0.0447. The Kier molecular flexibility index (Phi) is 5.34. The fourth-order valence-electron chi connectivity index (χ4n) is 2.33. The molecule has 1 fully saturated rings. The van der Waals surface area contributed by atoms with Crippen LogP contribution in [-0.4, -0.2) is 54.9 Å². The molecule has 1 heterocycles. The molecule has 0 radical (unpaired) electrons. The Morgan fingerprint density at radius 2 is 2.33 bits per heavy atom. The summed E-state index contributed by atoms with van der Waals surface area (Å²) >= 11 is 0. The van der Waals surface area contributed by atoms with Gasteiger partial charge in [0.05, 0.1) is 25.9 Å². The molecule has 1 atom stereocenters. The number of nitrogens with two attached hydrogens (primary N) is 1. The standard InChI is InChI=1S/C16H20N2O3/c1-12-7-13(3-2-4-17)9-14(8-12)16(20)18-5-6-21-15(10-18)11-19/h7-9,15,19H,4-6,10-11,17H2,1H3. The van der Waals surface area contributed by atoms with Crippen molar-refractivity contribution >= 4 is 5.91 Å². The Bertz CT molecular complexity index is 575. The second-order valence-corrected chi connectivity index (χ2v) is 5.02. The third-order valence-corrected chi connectivity index (χ3v) is 3.29. The number of carbonyl (C=O) groups excluding carboxylic acids is 1. The van der Waals surface area contributed by atoms with Gasteiger partial charge in [0.25, 0.3) is 5.91 Å². The number of nitrogens with zero attached hydrogens (tertiary/aromatic N) is 1. The summed E-state index contributed by atoms with van der Waals surface area (Å²) in [6.45, 7) is 3.53. The maximum absolute atomic E-state index is 12.6. The first kappa shape index (κ1) is 15.5. The van der Waals surface area contributed by atoms with Gasteiger partial charge in [0, 0.05) is 24.2 Å². The van der Waals surface area contributed by atoms with Crippen molar-refractivity contribution in [1.82, 2.24) is 4.90 Å². The average molecular weight is 288 g/mol. The van der Waals surface area contributed by atoms with Gasteiger partial charge in [-0.15, -0.1) is 0 Å². The van der Waals surface area contributed by atoms with Crippen molar-refractivity contribution in [1.29, 1.82) is 0 Å². The van der Waals surface area contributed by atoms with E-state index in [1.54, 1.807) is 11.0 Å². The van der Waals surface area contributed by atoms with Crippen molar-refractivity contribution in [3.63, 3.8) is 0 Å². The predicted molar refractivity (Wildman–Crippen MR) is 79.8 cm³/mol. The molecular weight excluding hydrogens is 268 g/mol. The summed E-state index contributed by atoms with van der Waals surface area (Å²) in [5.41, 5.74) is 7.75. The summed E-state index contributed by atoms with van der Waals surface area (Å²) in [6, 6.07) is 5.55. The molecule has 0 aliphatic carbocycles. The van der Waals surface area contributed by atoms with Crippen LogP contribution in [0.5, 0.6) is 0 Å². The topological polar surface area (TPSA) is 75.8 Å². The largest absolute Gasteiger partial charge is 0.394 e. The van der Waals surface area contributed by atoms with Crippen molar-refractivity contribution in [2.24, 2.45) is 5.73 Å². The van der Waals surface area contributed by atoms with E-state index in [1.165, 1.54) is 0 Å². The molecule has 0 saturated carbocycles. The fraction of sp³-hybridized carbons (Fsp3) is 0.438. The fourth-order valence-corrected chi connectivity index (χ4v) is 2.33. The number of morpholine rings is 1. The number of aryl methyl sites for hydroxylation is 1. The van der Waals surface area contributed by atoms with Crippen LogP contribution in [0.1, 0.15) is 21.5 Å². The quantitative estimate of drug-likeness (QED) is 0.759. The number of aliphatic hydroxyl groups is 1. The Balaban J connectivity index is 2.20. The number of ether oxygens (including phenoxy) is 1. The van der Waals surface area contributed by atoms with Gasteiger partial charge in [-0.25, -0.2) is 0 Å². The van der Waals surface area contributed by atoms with Crippen LogP contribution in [0.15, 0.2) is 18.2 Å². The highest BCUT2D eigenvalue weighted by Gasteiger charge is 2.24. The van der Waals surface area contributed by atoms with Crippen molar-refractivity contribution in [3.05, 3.63) is 34.9 Å². The highest BCUT2D eigenvalue weighted by atomic mass is 16.5. The molecule has 0 spiro atoms. The first-order valence-electron chi connectivity index (χ1n) is 6.96. The molecule has 1 aliphatic heterocycles. The second kappa shape index (κ2) is 7.23. The van der Waals surface area contributed by atoms with Crippen molar-refractivity contribution in [3.8, 4) is 11.8 Å². The number of aliphatic hydroxyl groups excluding tert-OH is 1. The van der Waals surface area contributed by atoms with Gasteiger partial charge >= 0.3 is 0 Å². The Labute approximate surface area is 124 Å². The van der Waals surface area contributed by atoms with Gasteiger partial charge in [0.15, 0.2) is 0 Å². The van der Waals surface area contributed by atoms with E-state index in [1.807, 2.05) is 19.1 Å². The van der Waals surface area contributed by atoms with E-state index in [9.17, 15) is 4.79 Å². The molecule has 1 amide bonds. The summed E-state index contributed by atoms with van der Waals surface area (Å²) in [5.74, 6) is 5.69. The number of amides is 1. The average Bonchev–Trinajstić information content (AvgIpc) is 2.51. The molecule has 112 valence electrons. The summed E-state index contributed by atoms with van der Waals surface area (Å²) in [5, 5.41) is 9.15. The molecule has 1 aliphatic rings. The minimum absolute atomic E-state index is 0.0590. The lowest BCUT2D eigenvalue weighted by atomic mass is 10.1. The van der Waals surface area contributed by atoms with E-state index < -0.39 is 0 Å². The van der Waals surface area contributed by atoms with E-state index in [0.717, 1.165) is 11.1 Å². The SMILES string of the molecule is Cc1cc(C#CCN)cc(C(=O)N2CCOC(CO)C2)c1. The van der Waals surface area contributed by atoms with Gasteiger partial charge in [-0.2, -0.15) is 0 Å². The lowest BCUT2D eigenvalue weighted by Gasteiger charge is -2.32. The maximum Gasteiger partial charge on any atom is 0.254 e. The van der Waals surface area contributed by atoms with Crippen LogP contribution in [0.25, 0.3) is 0 Å². The van der Waals surface area contributed by atoms with Crippen LogP contribution < -0.4 is 5.73 Å². The molecular formula is C16H20N2O3. The van der Waals surface area contributed by atoms with Gasteiger partial charge in [-0.3, -0.25) is 4.79 Å². The predicted octanol–water partition coefficient (Wildman–Crippen LogP) is 0.139. The molecule has 21 heavy (non-hydrogen) atoms. The summed E-state index contributed by atoms with van der Waals surface area (Å²) in [6.07, 6.45) is -0.302. The van der Waals surface area contributed by atoms with Crippen molar-refractivity contribution in [2.45, 2.75) is 13.0 Å². The first-order valence-corrected chi connectivity index (χ1v) is 6.96. The molecule has 5 nitrogen and oxygen atoms in total. The number of benzene rings is 1.